The van der Waals surface area contributed by atoms with Crippen LogP contribution in [0.2, 0.25) is 0 Å². The van der Waals surface area contributed by atoms with Gasteiger partial charge in [-0.1, -0.05) is 24.3 Å². The molecule has 0 bridgehead atoms. The van der Waals surface area contributed by atoms with E-state index in [4.69, 9.17) is 4.42 Å². The molecule has 2 aromatic carbocycles. The Balaban J connectivity index is 1.21. The second kappa shape index (κ2) is 10.2. The van der Waals surface area contributed by atoms with Crippen molar-refractivity contribution in [3.63, 3.8) is 0 Å². The molecule has 1 fully saturated rings. The van der Waals surface area contributed by atoms with Crippen LogP contribution in [0.25, 0.3) is 0 Å². The Kier molecular flexibility index (Phi) is 6.66. The van der Waals surface area contributed by atoms with Crippen molar-refractivity contribution in [1.29, 1.82) is 0 Å². The number of piperidine rings is 1. The molecule has 7 heteroatoms. The molecule has 5 rings (SSSR count). The molecule has 2 aromatic heterocycles. The van der Waals surface area contributed by atoms with Crippen LogP contribution >= 0.6 is 0 Å². The van der Waals surface area contributed by atoms with Crippen LogP contribution < -0.4 is 0 Å². The lowest BCUT2D eigenvalue weighted by molar-refractivity contribution is 0.0697. The van der Waals surface area contributed by atoms with E-state index in [2.05, 4.69) is 9.97 Å². The fourth-order valence-corrected chi connectivity index (χ4v) is 4.45. The van der Waals surface area contributed by atoms with Crippen molar-refractivity contribution in [2.75, 3.05) is 13.1 Å². The van der Waals surface area contributed by atoms with Crippen LogP contribution in [-0.4, -0.2) is 33.9 Å². The summed E-state index contributed by atoms with van der Waals surface area (Å²) < 4.78 is 32.5. The number of amides is 1. The summed E-state index contributed by atoms with van der Waals surface area (Å²) in [5, 5.41) is 0. The van der Waals surface area contributed by atoms with Gasteiger partial charge in [-0.15, -0.1) is 0 Å². The van der Waals surface area contributed by atoms with Crippen molar-refractivity contribution < 1.29 is 18.0 Å². The molecule has 0 N–H and O–H groups in total. The average Bonchev–Trinajstić information content (AvgIpc) is 3.34. The zero-order valence-electron chi connectivity index (χ0n) is 19.2. The molecule has 1 unspecified atom stereocenters. The molecule has 3 heterocycles. The molecule has 4 aromatic rings. The number of likely N-dealkylation sites (tertiary alicyclic amines) is 1. The van der Waals surface area contributed by atoms with Gasteiger partial charge in [0.15, 0.2) is 5.89 Å². The van der Waals surface area contributed by atoms with Crippen LogP contribution in [0.4, 0.5) is 8.78 Å². The minimum atomic E-state index is -0.275. The van der Waals surface area contributed by atoms with Crippen LogP contribution in [0.1, 0.15) is 57.6 Å². The van der Waals surface area contributed by atoms with E-state index in [-0.39, 0.29) is 23.5 Å². The summed E-state index contributed by atoms with van der Waals surface area (Å²) in [5.74, 6) is 0.752. The van der Waals surface area contributed by atoms with Gasteiger partial charge in [-0.3, -0.25) is 9.78 Å². The molecule has 1 atom stereocenters. The van der Waals surface area contributed by atoms with Gasteiger partial charge in [0.25, 0.3) is 5.91 Å². The summed E-state index contributed by atoms with van der Waals surface area (Å²) in [7, 11) is 0. The number of nitrogens with zero attached hydrogens (tertiary/aromatic N) is 3. The van der Waals surface area contributed by atoms with Crippen LogP contribution in [0, 0.1) is 11.6 Å². The molecule has 1 amide bonds. The molecule has 1 saturated heterocycles. The molecule has 0 aliphatic carbocycles. The second-order valence-corrected chi connectivity index (χ2v) is 8.90. The number of oxazole rings is 1. The molecule has 1 aliphatic rings. The molecule has 5 nitrogen and oxygen atoms in total. The highest BCUT2D eigenvalue weighted by atomic mass is 19.1. The molecule has 1 aliphatic heterocycles. The van der Waals surface area contributed by atoms with Gasteiger partial charge in [0.1, 0.15) is 17.4 Å². The predicted molar refractivity (Wildman–Crippen MR) is 127 cm³/mol. The van der Waals surface area contributed by atoms with Crippen molar-refractivity contribution >= 4 is 5.91 Å². The van der Waals surface area contributed by atoms with Crippen LogP contribution in [0.15, 0.2) is 77.5 Å². The Morgan fingerprint density at radius 2 is 1.80 bits per heavy atom. The first-order valence-corrected chi connectivity index (χ1v) is 11.7. The van der Waals surface area contributed by atoms with Gasteiger partial charge < -0.3 is 9.32 Å². The summed E-state index contributed by atoms with van der Waals surface area (Å²) >= 11 is 0. The predicted octanol–water partition coefficient (Wildman–Crippen LogP) is 5.55. The average molecular weight is 474 g/mol. The zero-order valence-corrected chi connectivity index (χ0v) is 19.2. The summed E-state index contributed by atoms with van der Waals surface area (Å²) in [6.07, 6.45) is 6.09. The summed E-state index contributed by atoms with van der Waals surface area (Å²) in [4.78, 5) is 23.8. The largest absolute Gasteiger partial charge is 0.445 e. The normalized spacial score (nSPS) is 15.8. The van der Waals surface area contributed by atoms with Crippen LogP contribution in [0.3, 0.4) is 0 Å². The van der Waals surface area contributed by atoms with Gasteiger partial charge >= 0.3 is 0 Å². The van der Waals surface area contributed by atoms with Crippen molar-refractivity contribution in [2.45, 2.75) is 31.6 Å². The Morgan fingerprint density at radius 3 is 2.57 bits per heavy atom. The highest BCUT2D eigenvalue weighted by Crippen LogP contribution is 2.28. The maximum atomic E-state index is 13.4. The highest BCUT2D eigenvalue weighted by molar-refractivity contribution is 5.94. The quantitative estimate of drug-likeness (QED) is 0.369. The lowest BCUT2D eigenvalue weighted by Crippen LogP contribution is -2.39. The monoisotopic (exact) mass is 473 g/mol. The Labute approximate surface area is 202 Å². The number of benzene rings is 2. The van der Waals surface area contributed by atoms with E-state index in [1.165, 1.54) is 24.3 Å². The minimum absolute atomic E-state index is 0.0230. The fourth-order valence-electron chi connectivity index (χ4n) is 4.45. The Morgan fingerprint density at radius 1 is 0.943 bits per heavy atom. The van der Waals surface area contributed by atoms with Gasteiger partial charge in [0.05, 0.1) is 17.7 Å². The van der Waals surface area contributed by atoms with Crippen LogP contribution in [0.5, 0.6) is 0 Å². The molecule has 0 radical (unpaired) electrons. The van der Waals surface area contributed by atoms with E-state index >= 15 is 0 Å². The SMILES string of the molecule is O=C(c1ccc(Cc2cccc(F)c2)nc1)N1CCCC(c2ncc(Cc3ccc(F)cc3)o2)C1. The van der Waals surface area contributed by atoms with Crippen molar-refractivity contribution in [2.24, 2.45) is 0 Å². The smallest absolute Gasteiger partial charge is 0.255 e. The summed E-state index contributed by atoms with van der Waals surface area (Å²) in [6, 6.07) is 16.3. The number of pyridine rings is 1. The van der Waals surface area contributed by atoms with Gasteiger partial charge in [-0.05, 0) is 60.4 Å². The third kappa shape index (κ3) is 5.62. The van der Waals surface area contributed by atoms with Gasteiger partial charge in [0.2, 0.25) is 0 Å². The topological polar surface area (TPSA) is 59.2 Å². The summed E-state index contributed by atoms with van der Waals surface area (Å²) in [6.45, 7) is 1.20. The Bertz CT molecular complexity index is 1300. The zero-order chi connectivity index (χ0) is 24.2. The van der Waals surface area contributed by atoms with E-state index in [0.717, 1.165) is 29.7 Å². The maximum Gasteiger partial charge on any atom is 0.255 e. The number of rotatable bonds is 6. The lowest BCUT2D eigenvalue weighted by Gasteiger charge is -2.31. The summed E-state index contributed by atoms with van der Waals surface area (Å²) in [5.41, 5.74) is 3.08. The number of carbonyl (C=O) groups is 1. The van der Waals surface area contributed by atoms with E-state index in [0.29, 0.717) is 43.1 Å². The van der Waals surface area contributed by atoms with Gasteiger partial charge in [-0.25, -0.2) is 13.8 Å². The molecular weight excluding hydrogens is 448 g/mol. The van der Waals surface area contributed by atoms with Crippen molar-refractivity contribution in [1.82, 2.24) is 14.9 Å². The molecule has 0 saturated carbocycles. The number of aromatic nitrogens is 2. The first-order chi connectivity index (χ1) is 17.0. The third-order valence-electron chi connectivity index (χ3n) is 6.27. The lowest BCUT2D eigenvalue weighted by atomic mass is 9.97. The van der Waals surface area contributed by atoms with E-state index in [1.807, 2.05) is 17.0 Å². The van der Waals surface area contributed by atoms with E-state index in [1.54, 1.807) is 36.7 Å². The number of hydrogen-bond donors (Lipinski definition) is 0. The fraction of sp³-hybridized carbons (Fsp3) is 0.250. The molecule has 35 heavy (non-hydrogen) atoms. The maximum absolute atomic E-state index is 13.4. The second-order valence-electron chi connectivity index (χ2n) is 8.90. The van der Waals surface area contributed by atoms with E-state index < -0.39 is 0 Å². The third-order valence-corrected chi connectivity index (χ3v) is 6.27. The van der Waals surface area contributed by atoms with E-state index in [9.17, 15) is 13.6 Å². The number of hydrogen-bond acceptors (Lipinski definition) is 4. The highest BCUT2D eigenvalue weighted by Gasteiger charge is 2.28. The first-order valence-electron chi connectivity index (χ1n) is 11.7. The number of halogens is 2. The molecule has 0 spiro atoms. The minimum Gasteiger partial charge on any atom is -0.445 e. The van der Waals surface area contributed by atoms with Gasteiger partial charge in [0, 0.05) is 37.8 Å². The van der Waals surface area contributed by atoms with Crippen LogP contribution in [-0.2, 0) is 12.8 Å². The Hall–Kier alpha value is -3.87. The molecular formula is C28H25F2N3O2. The van der Waals surface area contributed by atoms with Gasteiger partial charge in [-0.2, -0.15) is 0 Å². The van der Waals surface area contributed by atoms with Crippen molar-refractivity contribution in [3.05, 3.63) is 119 Å². The first kappa shape index (κ1) is 22.9. The van der Waals surface area contributed by atoms with Crippen molar-refractivity contribution in [3.8, 4) is 0 Å². The standard InChI is InChI=1S/C28H25F2N3O2/c29-23-9-6-19(7-10-23)15-26-17-32-27(35-26)22-4-2-12-33(18-22)28(34)21-8-11-25(31-16-21)14-20-3-1-5-24(30)13-20/h1,3,5-11,13,16-17,22H,2,4,12,14-15,18H2. The number of carbonyl (C=O) groups excluding carboxylic acids is 1. The molecule has 178 valence electrons.